The van der Waals surface area contributed by atoms with E-state index < -0.39 is 5.97 Å². The highest BCUT2D eigenvalue weighted by Crippen LogP contribution is 2.24. The van der Waals surface area contributed by atoms with Crippen LogP contribution < -0.4 is 0 Å². The van der Waals surface area contributed by atoms with Crippen molar-refractivity contribution in [2.45, 2.75) is 45.2 Å². The topological polar surface area (TPSA) is 57.6 Å². The van der Waals surface area contributed by atoms with Gasteiger partial charge in [0.05, 0.1) is 12.0 Å². The number of carboxylic acids is 1. The smallest absolute Gasteiger partial charge is 0.335 e. The minimum Gasteiger partial charge on any atom is -0.478 e. The van der Waals surface area contributed by atoms with Gasteiger partial charge in [-0.25, -0.2) is 4.79 Å². The summed E-state index contributed by atoms with van der Waals surface area (Å²) < 4.78 is 0. The molecule has 1 fully saturated rings. The molecule has 1 heterocycles. The van der Waals surface area contributed by atoms with Crippen LogP contribution in [0.25, 0.3) is 0 Å². The zero-order chi connectivity index (χ0) is 14.0. The van der Waals surface area contributed by atoms with Crippen molar-refractivity contribution < 1.29 is 14.7 Å². The van der Waals surface area contributed by atoms with Crippen LogP contribution in [0.2, 0.25) is 0 Å². The Balaban J connectivity index is 2.10. The molecule has 2 rings (SSSR count). The van der Waals surface area contributed by atoms with Crippen molar-refractivity contribution in [3.8, 4) is 0 Å². The number of carbonyl (C=O) groups excluding carboxylic acids is 1. The number of carboxylic acid groups (broad SMARTS) is 1. The molecule has 1 aromatic rings. The summed E-state index contributed by atoms with van der Waals surface area (Å²) in [6, 6.07) is 7.16. The molecule has 1 aliphatic heterocycles. The fraction of sp³-hybridized carbons (Fsp3) is 0.467. The molecular formula is C15H19NO3. The van der Waals surface area contributed by atoms with Crippen molar-refractivity contribution >= 4 is 11.9 Å². The second-order valence-electron chi connectivity index (χ2n) is 5.26. The third-order valence-corrected chi connectivity index (χ3v) is 3.77. The van der Waals surface area contributed by atoms with E-state index in [4.69, 9.17) is 5.11 Å². The maximum Gasteiger partial charge on any atom is 0.335 e. The van der Waals surface area contributed by atoms with Gasteiger partial charge >= 0.3 is 5.97 Å². The molecule has 2 atom stereocenters. The Morgan fingerprint density at radius 1 is 1.26 bits per heavy atom. The molecule has 0 aromatic heterocycles. The minimum absolute atomic E-state index is 0.0834. The van der Waals surface area contributed by atoms with Crippen molar-refractivity contribution in [2.24, 2.45) is 0 Å². The van der Waals surface area contributed by atoms with Crippen LogP contribution in [-0.4, -0.2) is 34.0 Å². The van der Waals surface area contributed by atoms with Crippen LogP contribution in [0, 0.1) is 0 Å². The predicted octanol–water partition coefficient (Wildman–Crippen LogP) is 2.33. The maximum absolute atomic E-state index is 12.3. The normalized spacial score (nSPS) is 22.5. The second kappa shape index (κ2) is 5.43. The predicted molar refractivity (Wildman–Crippen MR) is 72.1 cm³/mol. The van der Waals surface area contributed by atoms with Crippen molar-refractivity contribution in [1.29, 1.82) is 0 Å². The lowest BCUT2D eigenvalue weighted by Crippen LogP contribution is -2.39. The van der Waals surface area contributed by atoms with Crippen molar-refractivity contribution in [3.63, 3.8) is 0 Å². The van der Waals surface area contributed by atoms with Crippen LogP contribution in [0.15, 0.2) is 24.3 Å². The number of amides is 1. The van der Waals surface area contributed by atoms with E-state index >= 15 is 0 Å². The summed E-state index contributed by atoms with van der Waals surface area (Å²) in [4.78, 5) is 25.1. The van der Waals surface area contributed by atoms with E-state index in [0.29, 0.717) is 0 Å². The lowest BCUT2D eigenvalue weighted by Gasteiger charge is -2.26. The lowest BCUT2D eigenvalue weighted by molar-refractivity contribution is -0.132. The summed E-state index contributed by atoms with van der Waals surface area (Å²) in [6.45, 7) is 4.13. The standard InChI is InChI=1S/C15H19NO3/c1-10-6-7-11(2)16(10)14(17)9-12-4-3-5-13(8-12)15(18)19/h3-5,8,10-11H,6-7,9H2,1-2H3,(H,18,19). The maximum atomic E-state index is 12.3. The van der Waals surface area contributed by atoms with Crippen molar-refractivity contribution in [3.05, 3.63) is 35.4 Å². The van der Waals surface area contributed by atoms with Gasteiger partial charge in [-0.15, -0.1) is 0 Å². The molecule has 4 nitrogen and oxygen atoms in total. The molecule has 0 saturated carbocycles. The third kappa shape index (κ3) is 2.95. The van der Waals surface area contributed by atoms with Crippen LogP contribution in [-0.2, 0) is 11.2 Å². The van der Waals surface area contributed by atoms with Gasteiger partial charge in [-0.1, -0.05) is 12.1 Å². The summed E-state index contributed by atoms with van der Waals surface area (Å²) in [7, 11) is 0. The van der Waals surface area contributed by atoms with E-state index in [2.05, 4.69) is 13.8 Å². The lowest BCUT2D eigenvalue weighted by atomic mass is 10.1. The number of likely N-dealkylation sites (tertiary alicyclic amines) is 1. The molecule has 0 aliphatic carbocycles. The first-order valence-corrected chi connectivity index (χ1v) is 6.62. The third-order valence-electron chi connectivity index (χ3n) is 3.77. The molecule has 102 valence electrons. The monoisotopic (exact) mass is 261 g/mol. The van der Waals surface area contributed by atoms with E-state index in [1.165, 1.54) is 6.07 Å². The highest BCUT2D eigenvalue weighted by atomic mass is 16.4. The number of aromatic carboxylic acids is 1. The molecule has 2 unspecified atom stereocenters. The van der Waals surface area contributed by atoms with Crippen molar-refractivity contribution in [1.82, 2.24) is 4.90 Å². The highest BCUT2D eigenvalue weighted by Gasteiger charge is 2.30. The molecule has 0 bridgehead atoms. The summed E-state index contributed by atoms with van der Waals surface area (Å²) in [5, 5.41) is 8.94. The summed E-state index contributed by atoms with van der Waals surface area (Å²) in [6.07, 6.45) is 2.36. The Bertz CT molecular complexity index is 488. The number of hydrogen-bond acceptors (Lipinski definition) is 2. The fourth-order valence-corrected chi connectivity index (χ4v) is 2.77. The molecule has 1 N–H and O–H groups in total. The van der Waals surface area contributed by atoms with Gasteiger partial charge in [0.1, 0.15) is 0 Å². The molecule has 0 spiro atoms. The van der Waals surface area contributed by atoms with E-state index in [1.807, 2.05) is 4.90 Å². The Morgan fingerprint density at radius 3 is 2.47 bits per heavy atom. The van der Waals surface area contributed by atoms with Gasteiger partial charge < -0.3 is 10.0 Å². The molecule has 1 aromatic carbocycles. The molecule has 1 amide bonds. The van der Waals surface area contributed by atoms with Gasteiger partial charge in [0.25, 0.3) is 0 Å². The summed E-state index contributed by atoms with van der Waals surface area (Å²) in [5.74, 6) is -0.878. The summed E-state index contributed by atoms with van der Waals surface area (Å²) >= 11 is 0. The average Bonchev–Trinajstić information content (AvgIpc) is 2.69. The molecule has 1 saturated heterocycles. The second-order valence-corrected chi connectivity index (χ2v) is 5.26. The Labute approximate surface area is 113 Å². The van der Waals surface area contributed by atoms with Gasteiger partial charge in [0.2, 0.25) is 5.91 Å². The van der Waals surface area contributed by atoms with Crippen LogP contribution in [0.1, 0.15) is 42.6 Å². The van der Waals surface area contributed by atoms with Crippen LogP contribution in [0.4, 0.5) is 0 Å². The molecule has 1 aliphatic rings. The van der Waals surface area contributed by atoms with Crippen LogP contribution in [0.5, 0.6) is 0 Å². The zero-order valence-electron chi connectivity index (χ0n) is 11.3. The number of hydrogen-bond donors (Lipinski definition) is 1. The van der Waals surface area contributed by atoms with Gasteiger partial charge in [-0.2, -0.15) is 0 Å². The van der Waals surface area contributed by atoms with E-state index in [0.717, 1.165) is 18.4 Å². The zero-order valence-corrected chi connectivity index (χ0v) is 11.3. The number of carbonyl (C=O) groups is 2. The Morgan fingerprint density at radius 2 is 1.89 bits per heavy atom. The number of rotatable bonds is 3. The first-order chi connectivity index (χ1) is 8.99. The first-order valence-electron chi connectivity index (χ1n) is 6.62. The molecule has 0 radical (unpaired) electrons. The van der Waals surface area contributed by atoms with E-state index in [-0.39, 0.29) is 30.0 Å². The number of benzene rings is 1. The van der Waals surface area contributed by atoms with E-state index in [9.17, 15) is 9.59 Å². The Kier molecular flexibility index (Phi) is 3.88. The Hall–Kier alpha value is -1.84. The largest absolute Gasteiger partial charge is 0.478 e. The van der Waals surface area contributed by atoms with Gasteiger partial charge in [0, 0.05) is 12.1 Å². The molecular weight excluding hydrogens is 242 g/mol. The van der Waals surface area contributed by atoms with Crippen LogP contribution in [0.3, 0.4) is 0 Å². The molecule has 19 heavy (non-hydrogen) atoms. The minimum atomic E-state index is -0.961. The average molecular weight is 261 g/mol. The quantitative estimate of drug-likeness (QED) is 0.908. The SMILES string of the molecule is CC1CCC(C)N1C(=O)Cc1cccc(C(=O)O)c1. The van der Waals surface area contributed by atoms with Gasteiger partial charge in [-0.05, 0) is 44.4 Å². The first kappa shape index (κ1) is 13.6. The molecule has 4 heteroatoms. The van der Waals surface area contributed by atoms with E-state index in [1.54, 1.807) is 18.2 Å². The van der Waals surface area contributed by atoms with Gasteiger partial charge in [-0.3, -0.25) is 4.79 Å². The highest BCUT2D eigenvalue weighted by molar-refractivity contribution is 5.88. The van der Waals surface area contributed by atoms with Crippen LogP contribution >= 0.6 is 0 Å². The van der Waals surface area contributed by atoms with Gasteiger partial charge in [0.15, 0.2) is 0 Å². The van der Waals surface area contributed by atoms with Crippen molar-refractivity contribution in [2.75, 3.05) is 0 Å². The number of nitrogens with zero attached hydrogens (tertiary/aromatic N) is 1. The fourth-order valence-electron chi connectivity index (χ4n) is 2.77. The summed E-state index contributed by atoms with van der Waals surface area (Å²) in [5.41, 5.74) is 0.990.